The predicted octanol–water partition coefficient (Wildman–Crippen LogP) is 2.76. The Labute approximate surface area is 142 Å². The van der Waals surface area contributed by atoms with Crippen LogP contribution in [0.3, 0.4) is 0 Å². The van der Waals surface area contributed by atoms with E-state index in [2.05, 4.69) is 16.4 Å². The van der Waals surface area contributed by atoms with Crippen LogP contribution in [0.4, 0.5) is 5.88 Å². The van der Waals surface area contributed by atoms with Crippen molar-refractivity contribution in [3.63, 3.8) is 0 Å². The number of benzene rings is 1. The van der Waals surface area contributed by atoms with Crippen LogP contribution in [0.15, 0.2) is 40.1 Å². The zero-order valence-corrected chi connectivity index (χ0v) is 13.4. The minimum Gasteiger partial charge on any atom is -0.459 e. The Kier molecular flexibility index (Phi) is 4.15. The number of nitrogens with two attached hydrogens (primary N) is 1. The Morgan fingerprint density at radius 3 is 2.96 bits per heavy atom. The highest BCUT2D eigenvalue weighted by atomic mass is 35.5. The van der Waals surface area contributed by atoms with E-state index in [0.29, 0.717) is 16.3 Å². The lowest BCUT2D eigenvalue weighted by molar-refractivity contribution is 0.0482. The lowest BCUT2D eigenvalue weighted by atomic mass is 9.87. The Morgan fingerprint density at radius 1 is 1.54 bits per heavy atom. The smallest absolute Gasteiger partial charge is 0.394 e. The molecule has 1 aromatic carbocycles. The molecule has 8 heteroatoms. The summed E-state index contributed by atoms with van der Waals surface area (Å²) >= 11 is 6.27. The zero-order chi connectivity index (χ0) is 17.3. The minimum absolute atomic E-state index is 0.126. The van der Waals surface area contributed by atoms with Gasteiger partial charge in [-0.1, -0.05) is 29.8 Å². The molecule has 0 spiro atoms. The van der Waals surface area contributed by atoms with Crippen molar-refractivity contribution < 1.29 is 13.9 Å². The van der Waals surface area contributed by atoms with E-state index < -0.39 is 11.9 Å². The minimum atomic E-state index is -0.691. The molecule has 0 saturated heterocycles. The van der Waals surface area contributed by atoms with Crippen molar-refractivity contribution in [3.05, 3.63) is 57.8 Å². The summed E-state index contributed by atoms with van der Waals surface area (Å²) < 4.78 is 10.3. The molecule has 1 aliphatic rings. The Bertz CT molecular complexity index is 882. The molecule has 0 fully saturated rings. The number of hydrogen-bond acceptors (Lipinski definition) is 7. The van der Waals surface area contributed by atoms with E-state index in [0.717, 1.165) is 0 Å². The number of hydrogen-bond donors (Lipinski definition) is 2. The van der Waals surface area contributed by atoms with Crippen molar-refractivity contribution in [3.8, 4) is 6.07 Å². The van der Waals surface area contributed by atoms with Gasteiger partial charge >= 0.3 is 11.9 Å². The van der Waals surface area contributed by atoms with E-state index in [4.69, 9.17) is 26.5 Å². The largest absolute Gasteiger partial charge is 0.459 e. The number of carbonyl (C=O) groups is 1. The van der Waals surface area contributed by atoms with E-state index in [-0.39, 0.29) is 29.8 Å². The molecule has 2 heterocycles. The number of nitrogens with zero attached hydrogens (tertiary/aromatic N) is 2. The van der Waals surface area contributed by atoms with Gasteiger partial charge in [0.05, 0.1) is 24.2 Å². The molecule has 2 aromatic rings. The van der Waals surface area contributed by atoms with Gasteiger partial charge in [0.15, 0.2) is 0 Å². The quantitative estimate of drug-likeness (QED) is 0.822. The highest BCUT2D eigenvalue weighted by Gasteiger charge is 2.35. The topological polar surface area (TPSA) is 114 Å². The molecule has 24 heavy (non-hydrogen) atoms. The number of anilines is 1. The molecule has 1 atom stereocenters. The number of halogens is 1. The Morgan fingerprint density at radius 2 is 2.29 bits per heavy atom. The number of fused-ring (bicyclic) bond motifs is 1. The first-order chi connectivity index (χ1) is 11.6. The molecular weight excluding hydrogens is 332 g/mol. The van der Waals surface area contributed by atoms with E-state index in [1.807, 2.05) is 0 Å². The number of ether oxygens (including phenoxy) is 1. The van der Waals surface area contributed by atoms with Crippen molar-refractivity contribution in [2.45, 2.75) is 12.8 Å². The second-order valence-electron chi connectivity index (χ2n) is 4.97. The monoisotopic (exact) mass is 344 g/mol. The van der Waals surface area contributed by atoms with Crippen LogP contribution in [-0.4, -0.2) is 17.6 Å². The SMILES string of the molecule is CCOC(=O)c1nc2c(o1)NC(N)=C(C#N)C2c1ccccc1Cl. The first-order valence-corrected chi connectivity index (χ1v) is 7.53. The fraction of sp³-hybridized carbons (Fsp3) is 0.188. The fourth-order valence-electron chi connectivity index (χ4n) is 2.52. The average Bonchev–Trinajstić information content (AvgIpc) is 2.98. The molecule has 0 radical (unpaired) electrons. The average molecular weight is 345 g/mol. The molecule has 1 aliphatic heterocycles. The molecule has 0 bridgehead atoms. The summed E-state index contributed by atoms with van der Waals surface area (Å²) in [6.07, 6.45) is 0. The van der Waals surface area contributed by atoms with Crippen molar-refractivity contribution in [2.24, 2.45) is 5.73 Å². The van der Waals surface area contributed by atoms with Crippen molar-refractivity contribution >= 4 is 23.5 Å². The third-order valence-corrected chi connectivity index (χ3v) is 3.88. The lowest BCUT2D eigenvalue weighted by Crippen LogP contribution is -2.22. The third-order valence-electron chi connectivity index (χ3n) is 3.54. The fourth-order valence-corrected chi connectivity index (χ4v) is 2.76. The first kappa shape index (κ1) is 15.9. The highest BCUT2D eigenvalue weighted by Crippen LogP contribution is 2.42. The van der Waals surface area contributed by atoms with Crippen LogP contribution in [0.2, 0.25) is 5.02 Å². The number of rotatable bonds is 3. The summed E-state index contributed by atoms with van der Waals surface area (Å²) in [4.78, 5) is 16.1. The number of allylic oxidation sites excluding steroid dienone is 1. The van der Waals surface area contributed by atoms with Gasteiger partial charge in [-0.2, -0.15) is 5.26 Å². The van der Waals surface area contributed by atoms with Crippen LogP contribution in [0, 0.1) is 11.3 Å². The third kappa shape index (κ3) is 2.57. The van der Waals surface area contributed by atoms with Gasteiger partial charge in [-0.3, -0.25) is 0 Å². The summed E-state index contributed by atoms with van der Waals surface area (Å²) in [6.45, 7) is 1.87. The molecular formula is C16H13ClN4O3. The van der Waals surface area contributed by atoms with Gasteiger partial charge in [-0.25, -0.2) is 9.78 Å². The summed E-state index contributed by atoms with van der Waals surface area (Å²) in [7, 11) is 0. The second-order valence-corrected chi connectivity index (χ2v) is 5.38. The summed E-state index contributed by atoms with van der Waals surface area (Å²) in [6, 6.07) is 9.11. The summed E-state index contributed by atoms with van der Waals surface area (Å²) in [5.74, 6) is -1.21. The highest BCUT2D eigenvalue weighted by molar-refractivity contribution is 6.31. The van der Waals surface area contributed by atoms with Gasteiger partial charge in [0, 0.05) is 5.02 Å². The van der Waals surface area contributed by atoms with Crippen LogP contribution in [0.5, 0.6) is 0 Å². The molecule has 3 N–H and O–H groups in total. The standard InChI is InChI=1S/C16H13ClN4O3/c1-2-23-16(22)15-20-12-11(8-5-3-4-6-10(8)17)9(7-18)13(19)21-14(12)24-15/h3-6,11,21H,2,19H2,1H3. The number of oxazole rings is 1. The van der Waals surface area contributed by atoms with Gasteiger partial charge in [-0.05, 0) is 18.6 Å². The number of nitrogens with one attached hydrogen (secondary N) is 1. The van der Waals surface area contributed by atoms with Crippen LogP contribution in [0.1, 0.15) is 34.8 Å². The maximum Gasteiger partial charge on any atom is 0.394 e. The molecule has 0 aliphatic carbocycles. The van der Waals surface area contributed by atoms with Crippen molar-refractivity contribution in [2.75, 3.05) is 11.9 Å². The molecule has 3 rings (SSSR count). The molecule has 7 nitrogen and oxygen atoms in total. The molecule has 0 amide bonds. The molecule has 1 aromatic heterocycles. The Hall–Kier alpha value is -2.98. The van der Waals surface area contributed by atoms with E-state index in [9.17, 15) is 10.1 Å². The molecule has 0 saturated carbocycles. The van der Waals surface area contributed by atoms with Crippen LogP contribution in [-0.2, 0) is 4.74 Å². The lowest BCUT2D eigenvalue weighted by Gasteiger charge is -2.23. The van der Waals surface area contributed by atoms with Gasteiger partial charge in [0.25, 0.3) is 0 Å². The maximum absolute atomic E-state index is 11.9. The van der Waals surface area contributed by atoms with Crippen LogP contribution < -0.4 is 11.1 Å². The van der Waals surface area contributed by atoms with Gasteiger partial charge in [0.2, 0.25) is 5.88 Å². The summed E-state index contributed by atoms with van der Waals surface area (Å²) in [5.41, 5.74) is 7.18. The maximum atomic E-state index is 11.9. The molecule has 1 unspecified atom stereocenters. The van der Waals surface area contributed by atoms with Gasteiger partial charge in [0.1, 0.15) is 11.5 Å². The summed E-state index contributed by atoms with van der Waals surface area (Å²) in [5, 5.41) is 12.7. The first-order valence-electron chi connectivity index (χ1n) is 7.15. The Balaban J connectivity index is 2.15. The van der Waals surface area contributed by atoms with Crippen LogP contribution >= 0.6 is 11.6 Å². The molecule has 122 valence electrons. The predicted molar refractivity (Wildman–Crippen MR) is 86.2 cm³/mol. The number of esters is 1. The number of nitriles is 1. The number of aromatic nitrogens is 1. The zero-order valence-electron chi connectivity index (χ0n) is 12.7. The van der Waals surface area contributed by atoms with Crippen molar-refractivity contribution in [1.82, 2.24) is 4.98 Å². The van der Waals surface area contributed by atoms with E-state index in [1.165, 1.54) is 0 Å². The van der Waals surface area contributed by atoms with Gasteiger partial charge in [-0.15, -0.1) is 0 Å². The van der Waals surface area contributed by atoms with E-state index >= 15 is 0 Å². The van der Waals surface area contributed by atoms with Gasteiger partial charge < -0.3 is 20.2 Å². The van der Waals surface area contributed by atoms with E-state index in [1.54, 1.807) is 31.2 Å². The van der Waals surface area contributed by atoms with Crippen LogP contribution in [0.25, 0.3) is 0 Å². The normalized spacial score (nSPS) is 16.1. The van der Waals surface area contributed by atoms with Crippen molar-refractivity contribution in [1.29, 1.82) is 5.26 Å². The number of carbonyl (C=O) groups excluding carboxylic acids is 1. The second kappa shape index (κ2) is 6.26.